The van der Waals surface area contributed by atoms with Crippen LogP contribution in [0.5, 0.6) is 0 Å². The number of benzene rings is 4. The molecule has 0 amide bonds. The second-order valence-corrected chi connectivity index (χ2v) is 6.71. The van der Waals surface area contributed by atoms with Crippen molar-refractivity contribution in [3.05, 3.63) is 108 Å². The van der Waals surface area contributed by atoms with Crippen LogP contribution >= 0.6 is 0 Å². The van der Waals surface area contributed by atoms with Gasteiger partial charge in [-0.05, 0) is 40.8 Å². The van der Waals surface area contributed by atoms with Crippen LogP contribution in [0.1, 0.15) is 11.1 Å². The number of nitrogens with one attached hydrogen (secondary N) is 1. The van der Waals surface area contributed by atoms with Crippen molar-refractivity contribution in [2.45, 2.75) is 6.42 Å². The zero-order chi connectivity index (χ0) is 17.3. The third-order valence-electron chi connectivity index (χ3n) is 5.12. The molecule has 0 saturated heterocycles. The van der Waals surface area contributed by atoms with E-state index in [4.69, 9.17) is 0 Å². The molecule has 0 atom stereocenters. The quantitative estimate of drug-likeness (QED) is 0.323. The van der Waals surface area contributed by atoms with Gasteiger partial charge in [0, 0.05) is 21.8 Å². The summed E-state index contributed by atoms with van der Waals surface area (Å²) in [5.41, 5.74) is 8.18. The van der Waals surface area contributed by atoms with E-state index in [1.165, 1.54) is 44.1 Å². The molecule has 1 aliphatic carbocycles. The fourth-order valence-electron chi connectivity index (χ4n) is 3.88. The number of rotatable bonds is 0. The largest absolute Gasteiger partial charge is 0.355 e. The van der Waals surface area contributed by atoms with Crippen molar-refractivity contribution in [3.63, 3.8) is 0 Å². The Hall–Kier alpha value is -3.32. The maximum atomic E-state index is 3.38. The normalized spacial score (nSPS) is 11.7. The Balaban J connectivity index is 0.000000115. The molecule has 124 valence electrons. The molecule has 6 rings (SSSR count). The molecule has 1 aliphatic rings. The maximum absolute atomic E-state index is 3.38. The average Bonchev–Trinajstić information content (AvgIpc) is 3.27. The lowest BCUT2D eigenvalue weighted by Crippen LogP contribution is -1.77. The zero-order valence-electron chi connectivity index (χ0n) is 14.4. The Kier molecular flexibility index (Phi) is 3.57. The predicted octanol–water partition coefficient (Wildman–Crippen LogP) is 6.58. The van der Waals surface area contributed by atoms with Gasteiger partial charge in [-0.25, -0.2) is 0 Å². The molecule has 1 heteroatoms. The standard InChI is InChI=1S/C13H10.C12H9N/c1-3-7-12-10(5-1)9-11-6-2-4-8-13(11)12;1-3-7-11-9(5-1)10-6-2-4-8-12(10)13-11/h1-8H,9H2;1-8,13H. The van der Waals surface area contributed by atoms with Gasteiger partial charge in [-0.2, -0.15) is 0 Å². The number of aromatic nitrogens is 1. The van der Waals surface area contributed by atoms with Crippen molar-refractivity contribution in [2.75, 3.05) is 0 Å². The lowest BCUT2D eigenvalue weighted by Gasteiger charge is -1.98. The first-order chi connectivity index (χ1) is 12.9. The van der Waals surface area contributed by atoms with Gasteiger partial charge in [-0.3, -0.25) is 0 Å². The molecule has 0 aliphatic heterocycles. The molecule has 0 radical (unpaired) electrons. The van der Waals surface area contributed by atoms with Crippen LogP contribution in [-0.4, -0.2) is 4.98 Å². The summed E-state index contributed by atoms with van der Waals surface area (Å²) in [4.78, 5) is 3.38. The molecule has 1 heterocycles. The summed E-state index contributed by atoms with van der Waals surface area (Å²) in [6, 6.07) is 34.1. The molecule has 1 N–H and O–H groups in total. The summed E-state index contributed by atoms with van der Waals surface area (Å²) >= 11 is 0. The van der Waals surface area contributed by atoms with Gasteiger partial charge in [0.15, 0.2) is 0 Å². The Morgan fingerprint density at radius 3 is 1.42 bits per heavy atom. The van der Waals surface area contributed by atoms with Gasteiger partial charge in [0.25, 0.3) is 0 Å². The molecule has 4 aromatic carbocycles. The van der Waals surface area contributed by atoms with E-state index in [0.717, 1.165) is 6.42 Å². The second-order valence-electron chi connectivity index (χ2n) is 6.71. The van der Waals surface area contributed by atoms with Crippen molar-refractivity contribution in [3.8, 4) is 11.1 Å². The van der Waals surface area contributed by atoms with Crippen LogP contribution in [-0.2, 0) is 6.42 Å². The van der Waals surface area contributed by atoms with E-state index in [1.807, 2.05) is 0 Å². The first-order valence-corrected chi connectivity index (χ1v) is 9.02. The van der Waals surface area contributed by atoms with E-state index >= 15 is 0 Å². The van der Waals surface area contributed by atoms with Gasteiger partial charge >= 0.3 is 0 Å². The summed E-state index contributed by atoms with van der Waals surface area (Å²) in [6.45, 7) is 0. The summed E-state index contributed by atoms with van der Waals surface area (Å²) in [6.07, 6.45) is 1.10. The average molecular weight is 333 g/mol. The lowest BCUT2D eigenvalue weighted by atomic mass is 10.1. The molecule has 1 aromatic heterocycles. The van der Waals surface area contributed by atoms with Gasteiger partial charge in [0.2, 0.25) is 0 Å². The van der Waals surface area contributed by atoms with E-state index < -0.39 is 0 Å². The van der Waals surface area contributed by atoms with Gasteiger partial charge in [0.05, 0.1) is 0 Å². The fourth-order valence-corrected chi connectivity index (χ4v) is 3.88. The van der Waals surface area contributed by atoms with E-state index in [0.29, 0.717) is 0 Å². The Bertz CT molecular complexity index is 1120. The van der Waals surface area contributed by atoms with E-state index in [1.54, 1.807) is 0 Å². The molecule has 0 saturated carbocycles. The molecule has 26 heavy (non-hydrogen) atoms. The maximum Gasteiger partial charge on any atom is 0.0464 e. The highest BCUT2D eigenvalue weighted by atomic mass is 14.7. The number of fused-ring (bicyclic) bond motifs is 6. The molecule has 5 aromatic rings. The molecule has 1 nitrogen and oxygen atoms in total. The van der Waals surface area contributed by atoms with Gasteiger partial charge < -0.3 is 4.98 Å². The number of hydrogen-bond donors (Lipinski definition) is 1. The lowest BCUT2D eigenvalue weighted by molar-refractivity contribution is 1.26. The second kappa shape index (κ2) is 6.20. The van der Waals surface area contributed by atoms with Crippen LogP contribution in [0, 0.1) is 0 Å². The van der Waals surface area contributed by atoms with E-state index in [2.05, 4.69) is 102 Å². The van der Waals surface area contributed by atoms with Crippen molar-refractivity contribution in [1.82, 2.24) is 4.98 Å². The SMILES string of the molecule is c1ccc2c(c1)Cc1ccccc1-2.c1ccc2c(c1)[nH]c1ccccc12. The minimum Gasteiger partial charge on any atom is -0.355 e. The van der Waals surface area contributed by atoms with Crippen LogP contribution < -0.4 is 0 Å². The Morgan fingerprint density at radius 2 is 0.885 bits per heavy atom. The minimum atomic E-state index is 1.10. The topological polar surface area (TPSA) is 15.8 Å². The van der Waals surface area contributed by atoms with Crippen LogP contribution in [0.25, 0.3) is 32.9 Å². The molecule has 0 spiro atoms. The molecule has 0 bridgehead atoms. The van der Waals surface area contributed by atoms with Crippen molar-refractivity contribution in [2.24, 2.45) is 0 Å². The summed E-state index contributed by atoms with van der Waals surface area (Å²) < 4.78 is 0. The third kappa shape index (κ3) is 2.49. The molecule has 0 fully saturated rings. The van der Waals surface area contributed by atoms with Crippen molar-refractivity contribution < 1.29 is 0 Å². The van der Waals surface area contributed by atoms with Gasteiger partial charge in [0.1, 0.15) is 0 Å². The number of hydrogen-bond acceptors (Lipinski definition) is 0. The minimum absolute atomic E-state index is 1.10. The monoisotopic (exact) mass is 333 g/mol. The van der Waals surface area contributed by atoms with E-state index in [-0.39, 0.29) is 0 Å². The summed E-state index contributed by atoms with van der Waals surface area (Å²) in [5.74, 6) is 0. The first kappa shape index (κ1) is 15.0. The van der Waals surface area contributed by atoms with Crippen LogP contribution in [0.2, 0.25) is 0 Å². The highest BCUT2D eigenvalue weighted by Gasteiger charge is 2.15. The highest BCUT2D eigenvalue weighted by Crippen LogP contribution is 2.35. The van der Waals surface area contributed by atoms with Gasteiger partial charge in [-0.1, -0.05) is 84.9 Å². The smallest absolute Gasteiger partial charge is 0.0464 e. The first-order valence-electron chi connectivity index (χ1n) is 9.02. The zero-order valence-corrected chi connectivity index (χ0v) is 14.4. The summed E-state index contributed by atoms with van der Waals surface area (Å²) in [5, 5.41) is 2.61. The van der Waals surface area contributed by atoms with Crippen molar-refractivity contribution >= 4 is 21.8 Å². The van der Waals surface area contributed by atoms with Crippen molar-refractivity contribution in [1.29, 1.82) is 0 Å². The summed E-state index contributed by atoms with van der Waals surface area (Å²) in [7, 11) is 0. The highest BCUT2D eigenvalue weighted by molar-refractivity contribution is 6.06. The number of H-pyrrole nitrogens is 1. The van der Waals surface area contributed by atoms with E-state index in [9.17, 15) is 0 Å². The predicted molar refractivity (Wildman–Crippen MR) is 110 cm³/mol. The number of aromatic amines is 1. The van der Waals surface area contributed by atoms with Crippen LogP contribution in [0.3, 0.4) is 0 Å². The molecular weight excluding hydrogens is 314 g/mol. The third-order valence-corrected chi connectivity index (χ3v) is 5.12. The fraction of sp³-hybridized carbons (Fsp3) is 0.0400. The van der Waals surface area contributed by atoms with Crippen LogP contribution in [0.4, 0.5) is 0 Å². The Morgan fingerprint density at radius 1 is 0.462 bits per heavy atom. The van der Waals surface area contributed by atoms with Crippen LogP contribution in [0.15, 0.2) is 97.1 Å². The Labute approximate surface area is 152 Å². The number of para-hydroxylation sites is 2. The van der Waals surface area contributed by atoms with Gasteiger partial charge in [-0.15, -0.1) is 0 Å². The molecule has 0 unspecified atom stereocenters. The molecular formula is C25H19N.